The summed E-state index contributed by atoms with van der Waals surface area (Å²) in [4.78, 5) is 2.52. The van der Waals surface area contributed by atoms with Gasteiger partial charge >= 0.3 is 0 Å². The lowest BCUT2D eigenvalue weighted by atomic mass is 9.68. The van der Waals surface area contributed by atoms with Crippen molar-refractivity contribution in [2.45, 2.75) is 5.41 Å². The van der Waals surface area contributed by atoms with Crippen molar-refractivity contribution in [1.29, 1.82) is 0 Å². The van der Waals surface area contributed by atoms with E-state index in [4.69, 9.17) is 0 Å². The van der Waals surface area contributed by atoms with Gasteiger partial charge < -0.3 is 4.90 Å². The summed E-state index contributed by atoms with van der Waals surface area (Å²) in [6.07, 6.45) is 0. The van der Waals surface area contributed by atoms with Crippen LogP contribution in [0, 0.1) is 0 Å². The van der Waals surface area contributed by atoms with E-state index in [1.807, 2.05) is 0 Å². The normalized spacial score (nSPS) is 12.4. The third kappa shape index (κ3) is 6.64. The van der Waals surface area contributed by atoms with Crippen LogP contribution in [0.25, 0.3) is 66.4 Å². The molecule has 0 heterocycles. The minimum Gasteiger partial charge on any atom is -0.309 e. The quantitative estimate of drug-likeness (QED) is 0.140. The van der Waals surface area contributed by atoms with Crippen LogP contribution >= 0.6 is 0 Å². The maximum Gasteiger partial charge on any atom is 0.0714 e. The Labute approximate surface area is 387 Å². The van der Waals surface area contributed by atoms with Crippen LogP contribution in [0.3, 0.4) is 0 Å². The molecule has 1 aliphatic carbocycles. The van der Waals surface area contributed by atoms with Gasteiger partial charge in [0, 0.05) is 16.8 Å². The molecule has 66 heavy (non-hydrogen) atoms. The molecule has 0 radical (unpaired) electrons. The van der Waals surface area contributed by atoms with Crippen molar-refractivity contribution in [3.63, 3.8) is 0 Å². The fourth-order valence-electron chi connectivity index (χ4n) is 10.5. The zero-order valence-electron chi connectivity index (χ0n) is 36.4. The van der Waals surface area contributed by atoms with Crippen molar-refractivity contribution >= 4 is 27.8 Å². The molecule has 0 saturated heterocycles. The Morgan fingerprint density at radius 3 is 1.38 bits per heavy atom. The lowest BCUT2D eigenvalue weighted by Crippen LogP contribution is -2.28. The highest BCUT2D eigenvalue weighted by Gasteiger charge is 2.47. The first kappa shape index (κ1) is 39.1. The second-order valence-corrected chi connectivity index (χ2v) is 17.2. The van der Waals surface area contributed by atoms with Gasteiger partial charge in [-0.15, -0.1) is 0 Å². The minimum atomic E-state index is -0.541. The average Bonchev–Trinajstić information content (AvgIpc) is 3.71. The van der Waals surface area contributed by atoms with E-state index in [9.17, 15) is 0 Å². The van der Waals surface area contributed by atoms with Gasteiger partial charge in [0.15, 0.2) is 0 Å². The lowest BCUT2D eigenvalue weighted by Gasteiger charge is -2.34. The largest absolute Gasteiger partial charge is 0.309 e. The molecule has 310 valence electrons. The first-order valence-corrected chi connectivity index (χ1v) is 22.8. The second kappa shape index (κ2) is 16.6. The molecule has 0 unspecified atom stereocenters. The number of benzene rings is 11. The first-order valence-electron chi connectivity index (χ1n) is 22.8. The zero-order chi connectivity index (χ0) is 43.9. The topological polar surface area (TPSA) is 3.24 Å². The molecular formula is C65H45N. The van der Waals surface area contributed by atoms with E-state index in [0.717, 1.165) is 33.8 Å². The number of hydrogen-bond donors (Lipinski definition) is 0. The van der Waals surface area contributed by atoms with Crippen molar-refractivity contribution in [2.75, 3.05) is 4.90 Å². The van der Waals surface area contributed by atoms with Crippen LogP contribution in [0.5, 0.6) is 0 Å². The molecular weight excluding hydrogens is 795 g/mol. The van der Waals surface area contributed by atoms with E-state index in [-0.39, 0.29) is 0 Å². The molecule has 0 aliphatic heterocycles. The van der Waals surface area contributed by atoms with Crippen LogP contribution in [-0.2, 0) is 5.41 Å². The van der Waals surface area contributed by atoms with Crippen molar-refractivity contribution in [3.8, 4) is 55.6 Å². The molecule has 0 spiro atoms. The lowest BCUT2D eigenvalue weighted by molar-refractivity contribution is 0.768. The third-order valence-electron chi connectivity index (χ3n) is 13.6. The zero-order valence-corrected chi connectivity index (χ0v) is 36.4. The molecule has 1 heteroatoms. The summed E-state index contributed by atoms with van der Waals surface area (Å²) in [5.74, 6) is 0. The summed E-state index contributed by atoms with van der Waals surface area (Å²) in [7, 11) is 0. The third-order valence-corrected chi connectivity index (χ3v) is 13.6. The Bertz CT molecular complexity index is 3450. The summed E-state index contributed by atoms with van der Waals surface area (Å²) < 4.78 is 0. The summed E-state index contributed by atoms with van der Waals surface area (Å²) in [6, 6.07) is 100. The van der Waals surface area contributed by atoms with Crippen LogP contribution in [0.1, 0.15) is 22.3 Å². The molecule has 1 aliphatic rings. The predicted octanol–water partition coefficient (Wildman–Crippen LogP) is 17.3. The molecule has 11 aromatic carbocycles. The highest BCUT2D eigenvalue weighted by Crippen LogP contribution is 2.60. The molecule has 0 bridgehead atoms. The van der Waals surface area contributed by atoms with E-state index < -0.39 is 5.41 Å². The number of anilines is 3. The van der Waals surface area contributed by atoms with Gasteiger partial charge in [-0.3, -0.25) is 0 Å². The summed E-state index contributed by atoms with van der Waals surface area (Å²) >= 11 is 0. The summed E-state index contributed by atoms with van der Waals surface area (Å²) in [5.41, 5.74) is 19.7. The maximum absolute atomic E-state index is 2.52. The van der Waals surface area contributed by atoms with Gasteiger partial charge in [-0.05, 0) is 108 Å². The van der Waals surface area contributed by atoms with E-state index in [0.29, 0.717) is 0 Å². The van der Waals surface area contributed by atoms with Crippen molar-refractivity contribution in [2.24, 2.45) is 0 Å². The fourth-order valence-corrected chi connectivity index (χ4v) is 10.5. The van der Waals surface area contributed by atoms with Gasteiger partial charge in [0.05, 0.1) is 16.8 Å². The maximum atomic E-state index is 2.52. The molecule has 0 aromatic heterocycles. The molecule has 1 nitrogen and oxygen atoms in total. The molecule has 0 amide bonds. The van der Waals surface area contributed by atoms with Gasteiger partial charge in [0.2, 0.25) is 0 Å². The summed E-state index contributed by atoms with van der Waals surface area (Å²) in [5, 5.41) is 2.46. The van der Waals surface area contributed by atoms with Gasteiger partial charge in [-0.25, -0.2) is 0 Å². The predicted molar refractivity (Wildman–Crippen MR) is 278 cm³/mol. The Morgan fingerprint density at radius 1 is 0.258 bits per heavy atom. The minimum absolute atomic E-state index is 0.541. The Hall–Kier alpha value is -8.52. The van der Waals surface area contributed by atoms with Crippen LogP contribution in [0.2, 0.25) is 0 Å². The van der Waals surface area contributed by atoms with Crippen LogP contribution in [-0.4, -0.2) is 0 Å². The fraction of sp³-hybridized carbons (Fsp3) is 0.0154. The van der Waals surface area contributed by atoms with Crippen LogP contribution in [0.4, 0.5) is 17.1 Å². The van der Waals surface area contributed by atoms with Gasteiger partial charge in [0.1, 0.15) is 0 Å². The first-order chi connectivity index (χ1) is 32.7. The number of rotatable bonds is 9. The molecule has 0 N–H and O–H groups in total. The molecule has 12 rings (SSSR count). The number of nitrogens with zero attached hydrogens (tertiary/aromatic N) is 1. The second-order valence-electron chi connectivity index (χ2n) is 17.2. The monoisotopic (exact) mass is 839 g/mol. The number of hydrogen-bond acceptors (Lipinski definition) is 1. The Morgan fingerprint density at radius 2 is 0.727 bits per heavy atom. The van der Waals surface area contributed by atoms with Crippen LogP contribution < -0.4 is 4.90 Å². The highest BCUT2D eigenvalue weighted by atomic mass is 15.1. The molecule has 0 fully saturated rings. The molecule has 0 atom stereocenters. The van der Waals surface area contributed by atoms with E-state index in [1.165, 1.54) is 72.0 Å². The Kier molecular flexibility index (Phi) is 9.81. The van der Waals surface area contributed by atoms with Gasteiger partial charge in [-0.1, -0.05) is 243 Å². The average molecular weight is 840 g/mol. The summed E-state index contributed by atoms with van der Waals surface area (Å²) in [6.45, 7) is 0. The SMILES string of the molecule is c1ccc(-c2ccc(-c3ccc(N(c4cc(-c5ccc6ccccc6c5)ccc4-c4ccccc4)c4cccc5c4-c4ccccc4C5(c4ccccc4)c4ccccc4)cc3)cc2)cc1. The van der Waals surface area contributed by atoms with Crippen LogP contribution in [0.15, 0.2) is 273 Å². The standard InChI is InChI=1S/C65H45N/c1-5-18-46(19-6-1)48-32-34-49(35-33-48)50-38-41-57(42-39-50)66(63-45-54(40-43-58(63)51-21-7-2-8-22-51)53-37-36-47-20-13-14-23-52(47)44-53)62-31-17-30-61-64(62)59-28-15-16-29-60(59)65(61,55-24-9-3-10-25-55)56-26-11-4-12-27-56/h1-45H. The van der Waals surface area contributed by atoms with E-state index in [1.54, 1.807) is 0 Å². The highest BCUT2D eigenvalue weighted by molar-refractivity contribution is 6.01. The van der Waals surface area contributed by atoms with Crippen molar-refractivity contribution in [3.05, 3.63) is 295 Å². The van der Waals surface area contributed by atoms with Crippen molar-refractivity contribution in [1.82, 2.24) is 0 Å². The molecule has 11 aromatic rings. The van der Waals surface area contributed by atoms with E-state index >= 15 is 0 Å². The molecule has 0 saturated carbocycles. The Balaban J connectivity index is 1.11. The smallest absolute Gasteiger partial charge is 0.0714 e. The van der Waals surface area contributed by atoms with Gasteiger partial charge in [-0.2, -0.15) is 0 Å². The van der Waals surface area contributed by atoms with E-state index in [2.05, 4.69) is 278 Å². The van der Waals surface area contributed by atoms with Gasteiger partial charge in [0.25, 0.3) is 0 Å². The number of fused-ring (bicyclic) bond motifs is 4. The van der Waals surface area contributed by atoms with Crippen molar-refractivity contribution < 1.29 is 0 Å².